The van der Waals surface area contributed by atoms with Gasteiger partial charge in [-0.2, -0.15) is 0 Å². The maximum atomic E-state index is 4.09. The lowest BCUT2D eigenvalue weighted by Crippen LogP contribution is -2.29. The minimum Gasteiger partial charge on any atom is -0.367 e. The Balaban J connectivity index is 2.50. The molecule has 0 bridgehead atoms. The first-order valence-electron chi connectivity index (χ1n) is 4.10. The van der Waals surface area contributed by atoms with E-state index in [4.69, 9.17) is 0 Å². The van der Waals surface area contributed by atoms with Gasteiger partial charge in [-0.1, -0.05) is 0 Å². The zero-order valence-electron chi connectivity index (χ0n) is 7.71. The van der Waals surface area contributed by atoms with Crippen LogP contribution in [-0.2, 0) is 0 Å². The average Bonchev–Trinajstić information content (AvgIpc) is 2.16. The number of nitrogens with zero attached hydrogens (tertiary/aromatic N) is 2. The number of hydrogen-bond acceptors (Lipinski definition) is 4. The molecule has 0 aromatic carbocycles. The molecule has 1 rings (SSSR count). The number of anilines is 1. The molecule has 1 aromatic heterocycles. The second kappa shape index (κ2) is 5.14. The van der Waals surface area contributed by atoms with E-state index in [0.717, 1.165) is 16.8 Å². The van der Waals surface area contributed by atoms with Crippen LogP contribution < -0.4 is 10.6 Å². The normalized spacial score (nSPS) is 12.5. The van der Waals surface area contributed by atoms with Crippen molar-refractivity contribution in [3.05, 3.63) is 17.0 Å². The number of nitrogens with one attached hydrogen (secondary N) is 2. The minimum atomic E-state index is 0.418. The van der Waals surface area contributed by atoms with Gasteiger partial charge in [-0.05, 0) is 29.9 Å². The van der Waals surface area contributed by atoms with Crippen LogP contribution in [0.2, 0.25) is 0 Å². The fraction of sp³-hybridized carbons (Fsp3) is 0.500. The lowest BCUT2D eigenvalue weighted by Gasteiger charge is -2.12. The largest absolute Gasteiger partial charge is 0.367 e. The lowest BCUT2D eigenvalue weighted by atomic mass is 10.3. The van der Waals surface area contributed by atoms with Crippen molar-refractivity contribution in [1.29, 1.82) is 0 Å². The molecule has 0 saturated carbocycles. The molecule has 0 aliphatic carbocycles. The highest BCUT2D eigenvalue weighted by Gasteiger charge is 2.01. The SMILES string of the molecule is CNC(C)CNc1ncncc1Br. The van der Waals surface area contributed by atoms with Crippen molar-refractivity contribution in [1.82, 2.24) is 15.3 Å². The van der Waals surface area contributed by atoms with Gasteiger partial charge in [0.05, 0.1) is 4.47 Å². The van der Waals surface area contributed by atoms with Gasteiger partial charge in [0.15, 0.2) is 0 Å². The van der Waals surface area contributed by atoms with Gasteiger partial charge in [0.25, 0.3) is 0 Å². The summed E-state index contributed by atoms with van der Waals surface area (Å²) in [5.74, 6) is 0.831. The Labute approximate surface area is 86.3 Å². The zero-order chi connectivity index (χ0) is 9.68. The van der Waals surface area contributed by atoms with Gasteiger partial charge in [0.2, 0.25) is 0 Å². The third-order valence-electron chi connectivity index (χ3n) is 1.74. The van der Waals surface area contributed by atoms with Gasteiger partial charge < -0.3 is 10.6 Å². The Morgan fingerprint density at radius 1 is 1.62 bits per heavy atom. The first kappa shape index (κ1) is 10.4. The number of hydrogen-bond donors (Lipinski definition) is 2. The van der Waals surface area contributed by atoms with Crippen LogP contribution >= 0.6 is 15.9 Å². The van der Waals surface area contributed by atoms with Gasteiger partial charge in [-0.25, -0.2) is 9.97 Å². The molecule has 0 aliphatic heterocycles. The van der Waals surface area contributed by atoms with Crippen molar-refractivity contribution in [3.8, 4) is 0 Å². The molecule has 0 spiro atoms. The molecule has 13 heavy (non-hydrogen) atoms. The monoisotopic (exact) mass is 244 g/mol. The van der Waals surface area contributed by atoms with Crippen molar-refractivity contribution < 1.29 is 0 Å². The van der Waals surface area contributed by atoms with Crippen molar-refractivity contribution in [2.75, 3.05) is 18.9 Å². The fourth-order valence-corrected chi connectivity index (χ4v) is 1.16. The van der Waals surface area contributed by atoms with Crippen LogP contribution in [0.4, 0.5) is 5.82 Å². The van der Waals surface area contributed by atoms with E-state index < -0.39 is 0 Å². The molecule has 5 heteroatoms. The molecule has 2 N–H and O–H groups in total. The predicted octanol–water partition coefficient (Wildman–Crippen LogP) is 1.26. The van der Waals surface area contributed by atoms with Crippen LogP contribution in [0, 0.1) is 0 Å². The standard InChI is InChI=1S/C8H13BrN4/c1-6(10-2)3-12-8-7(9)4-11-5-13-8/h4-6,10H,3H2,1-2H3,(H,11,12,13). The number of rotatable bonds is 4. The molecule has 0 saturated heterocycles. The van der Waals surface area contributed by atoms with E-state index in [2.05, 4.69) is 43.5 Å². The Hall–Kier alpha value is -0.680. The summed E-state index contributed by atoms with van der Waals surface area (Å²) in [5.41, 5.74) is 0. The molecular weight excluding hydrogens is 232 g/mol. The second-order valence-corrected chi connectivity index (χ2v) is 3.64. The molecule has 0 amide bonds. The molecule has 0 aliphatic rings. The third-order valence-corrected chi connectivity index (χ3v) is 2.32. The molecule has 72 valence electrons. The summed E-state index contributed by atoms with van der Waals surface area (Å²) in [6, 6.07) is 0.418. The molecule has 1 aromatic rings. The number of likely N-dealkylation sites (N-methyl/N-ethyl adjacent to an activating group) is 1. The molecule has 0 fully saturated rings. The van der Waals surface area contributed by atoms with Crippen LogP contribution in [-0.4, -0.2) is 29.6 Å². The molecule has 1 unspecified atom stereocenters. The van der Waals surface area contributed by atoms with Crippen LogP contribution in [0.25, 0.3) is 0 Å². The zero-order valence-corrected chi connectivity index (χ0v) is 9.30. The highest BCUT2D eigenvalue weighted by Crippen LogP contribution is 2.16. The van der Waals surface area contributed by atoms with Crippen molar-refractivity contribution in [2.45, 2.75) is 13.0 Å². The summed E-state index contributed by atoms with van der Waals surface area (Å²) in [6.45, 7) is 2.94. The van der Waals surface area contributed by atoms with E-state index >= 15 is 0 Å². The van der Waals surface area contributed by atoms with E-state index in [9.17, 15) is 0 Å². The second-order valence-electron chi connectivity index (χ2n) is 2.79. The van der Waals surface area contributed by atoms with Crippen molar-refractivity contribution in [3.63, 3.8) is 0 Å². The maximum Gasteiger partial charge on any atom is 0.143 e. The highest BCUT2D eigenvalue weighted by atomic mass is 79.9. The summed E-state index contributed by atoms with van der Waals surface area (Å²) < 4.78 is 0.887. The molecule has 0 radical (unpaired) electrons. The van der Waals surface area contributed by atoms with Crippen molar-refractivity contribution in [2.24, 2.45) is 0 Å². The minimum absolute atomic E-state index is 0.418. The first-order valence-corrected chi connectivity index (χ1v) is 4.90. The quantitative estimate of drug-likeness (QED) is 0.838. The van der Waals surface area contributed by atoms with Crippen LogP contribution in [0.3, 0.4) is 0 Å². The summed E-state index contributed by atoms with van der Waals surface area (Å²) in [6.07, 6.45) is 3.25. The highest BCUT2D eigenvalue weighted by molar-refractivity contribution is 9.10. The first-order chi connectivity index (χ1) is 6.24. The van der Waals surface area contributed by atoms with Gasteiger partial charge in [0, 0.05) is 18.8 Å². The van der Waals surface area contributed by atoms with E-state index in [1.54, 1.807) is 6.20 Å². The van der Waals surface area contributed by atoms with Crippen LogP contribution in [0.5, 0.6) is 0 Å². The molecule has 4 nitrogen and oxygen atoms in total. The number of aromatic nitrogens is 2. The Bertz CT molecular complexity index is 266. The van der Waals surface area contributed by atoms with E-state index in [1.807, 2.05) is 7.05 Å². The smallest absolute Gasteiger partial charge is 0.143 e. The molecule has 1 heterocycles. The van der Waals surface area contributed by atoms with Gasteiger partial charge >= 0.3 is 0 Å². The summed E-state index contributed by atoms with van der Waals surface area (Å²) in [4.78, 5) is 7.97. The van der Waals surface area contributed by atoms with E-state index in [-0.39, 0.29) is 0 Å². The lowest BCUT2D eigenvalue weighted by molar-refractivity contribution is 0.637. The van der Waals surface area contributed by atoms with E-state index in [0.29, 0.717) is 6.04 Å². The van der Waals surface area contributed by atoms with Gasteiger partial charge in [-0.15, -0.1) is 0 Å². The summed E-state index contributed by atoms with van der Waals surface area (Å²) >= 11 is 3.36. The predicted molar refractivity (Wildman–Crippen MR) is 56.7 cm³/mol. The van der Waals surface area contributed by atoms with Crippen LogP contribution in [0.15, 0.2) is 17.0 Å². The van der Waals surface area contributed by atoms with E-state index in [1.165, 1.54) is 6.33 Å². The van der Waals surface area contributed by atoms with Crippen molar-refractivity contribution >= 4 is 21.7 Å². The Morgan fingerprint density at radius 2 is 2.38 bits per heavy atom. The van der Waals surface area contributed by atoms with Gasteiger partial charge in [-0.3, -0.25) is 0 Å². The van der Waals surface area contributed by atoms with Crippen LogP contribution in [0.1, 0.15) is 6.92 Å². The number of halogens is 1. The molecular formula is C8H13BrN4. The Morgan fingerprint density at radius 3 is 3.00 bits per heavy atom. The average molecular weight is 245 g/mol. The maximum absolute atomic E-state index is 4.09. The molecule has 1 atom stereocenters. The summed E-state index contributed by atoms with van der Waals surface area (Å²) in [7, 11) is 1.93. The fourth-order valence-electron chi connectivity index (χ4n) is 0.795. The summed E-state index contributed by atoms with van der Waals surface area (Å²) in [5, 5.41) is 6.34. The Kier molecular flexibility index (Phi) is 4.11. The topological polar surface area (TPSA) is 49.8 Å². The third kappa shape index (κ3) is 3.28. The van der Waals surface area contributed by atoms with Gasteiger partial charge in [0.1, 0.15) is 12.1 Å².